The molecule has 3 amide bonds. The van der Waals surface area contributed by atoms with E-state index in [9.17, 15) is 14.4 Å². The number of carbonyl (C=O) groups is 3. The molecule has 0 fully saturated rings. The Morgan fingerprint density at radius 2 is 1.56 bits per heavy atom. The molecule has 1 N–H and O–H groups in total. The zero-order valence-electron chi connectivity index (χ0n) is 15.5. The molecule has 140 valence electrons. The molecule has 27 heavy (non-hydrogen) atoms. The van der Waals surface area contributed by atoms with Gasteiger partial charge in [-0.1, -0.05) is 42.5 Å². The van der Waals surface area contributed by atoms with E-state index in [0.29, 0.717) is 24.0 Å². The quantitative estimate of drug-likeness (QED) is 0.732. The first-order chi connectivity index (χ1) is 13.1. The highest BCUT2D eigenvalue weighted by Crippen LogP contribution is 2.22. The first-order valence-electron chi connectivity index (χ1n) is 9.35. The molecule has 0 spiro atoms. The van der Waals surface area contributed by atoms with E-state index in [1.807, 2.05) is 25.1 Å². The number of rotatable bonds is 8. The van der Waals surface area contributed by atoms with E-state index in [0.717, 1.165) is 12.8 Å². The van der Waals surface area contributed by atoms with Crippen molar-refractivity contribution in [1.82, 2.24) is 10.2 Å². The number of imide groups is 1. The van der Waals surface area contributed by atoms with Crippen molar-refractivity contribution in [3.05, 3.63) is 71.3 Å². The smallest absolute Gasteiger partial charge is 0.261 e. The number of carbonyl (C=O) groups excluding carboxylic acids is 3. The van der Waals surface area contributed by atoms with E-state index in [1.165, 1.54) is 10.5 Å². The third-order valence-electron chi connectivity index (χ3n) is 4.78. The van der Waals surface area contributed by atoms with Crippen LogP contribution >= 0.6 is 0 Å². The first-order valence-corrected chi connectivity index (χ1v) is 9.35. The number of nitrogens with one attached hydrogen (secondary N) is 1. The lowest BCUT2D eigenvalue weighted by atomic mass is 10.1. The molecule has 0 saturated carbocycles. The molecule has 1 aliphatic rings. The van der Waals surface area contributed by atoms with Gasteiger partial charge in [0, 0.05) is 19.0 Å². The molecular weight excluding hydrogens is 340 g/mol. The van der Waals surface area contributed by atoms with Gasteiger partial charge in [-0.05, 0) is 43.9 Å². The predicted octanol–water partition coefficient (Wildman–Crippen LogP) is 3.20. The maximum Gasteiger partial charge on any atom is 0.261 e. The molecule has 0 aliphatic carbocycles. The summed E-state index contributed by atoms with van der Waals surface area (Å²) in [5, 5.41) is 2.99. The molecule has 1 heterocycles. The van der Waals surface area contributed by atoms with Crippen molar-refractivity contribution in [2.45, 2.75) is 38.6 Å². The van der Waals surface area contributed by atoms with Crippen LogP contribution in [0.5, 0.6) is 0 Å². The van der Waals surface area contributed by atoms with Gasteiger partial charge in [-0.2, -0.15) is 0 Å². The number of hydrogen-bond donors (Lipinski definition) is 1. The Bertz CT molecular complexity index is 797. The van der Waals surface area contributed by atoms with E-state index >= 15 is 0 Å². The number of aryl methyl sites for hydroxylation is 1. The summed E-state index contributed by atoms with van der Waals surface area (Å²) in [4.78, 5) is 37.9. The summed E-state index contributed by atoms with van der Waals surface area (Å²) in [6.07, 6.45) is 2.54. The van der Waals surface area contributed by atoms with Crippen molar-refractivity contribution < 1.29 is 14.4 Å². The lowest BCUT2D eigenvalue weighted by Gasteiger charge is -2.16. The maximum absolute atomic E-state index is 12.3. The first kappa shape index (κ1) is 18.8. The summed E-state index contributed by atoms with van der Waals surface area (Å²) in [6, 6.07) is 17.1. The number of amides is 3. The molecule has 5 heteroatoms. The van der Waals surface area contributed by atoms with Gasteiger partial charge < -0.3 is 5.32 Å². The Morgan fingerprint density at radius 3 is 2.19 bits per heavy atom. The van der Waals surface area contributed by atoms with Crippen molar-refractivity contribution in [3.63, 3.8) is 0 Å². The van der Waals surface area contributed by atoms with E-state index in [-0.39, 0.29) is 30.3 Å². The van der Waals surface area contributed by atoms with Crippen LogP contribution in [0.2, 0.25) is 0 Å². The van der Waals surface area contributed by atoms with Crippen LogP contribution in [-0.2, 0) is 11.2 Å². The SMILES string of the molecule is C[C@H](CCc1ccccc1)NC(=O)CCCN1C(=O)c2ccccc2C1=O. The number of benzene rings is 2. The van der Waals surface area contributed by atoms with Crippen LogP contribution in [0, 0.1) is 0 Å². The van der Waals surface area contributed by atoms with Crippen LogP contribution in [0.15, 0.2) is 54.6 Å². The van der Waals surface area contributed by atoms with Gasteiger partial charge in [0.1, 0.15) is 0 Å². The van der Waals surface area contributed by atoms with Crippen LogP contribution in [-0.4, -0.2) is 35.2 Å². The lowest BCUT2D eigenvalue weighted by molar-refractivity contribution is -0.121. The average molecular weight is 364 g/mol. The van der Waals surface area contributed by atoms with E-state index < -0.39 is 0 Å². The highest BCUT2D eigenvalue weighted by Gasteiger charge is 2.34. The van der Waals surface area contributed by atoms with Crippen LogP contribution < -0.4 is 5.32 Å². The highest BCUT2D eigenvalue weighted by atomic mass is 16.2. The fourth-order valence-corrected chi connectivity index (χ4v) is 3.29. The highest BCUT2D eigenvalue weighted by molar-refractivity contribution is 6.21. The Morgan fingerprint density at radius 1 is 0.963 bits per heavy atom. The van der Waals surface area contributed by atoms with Gasteiger partial charge in [0.15, 0.2) is 0 Å². The zero-order chi connectivity index (χ0) is 19.2. The van der Waals surface area contributed by atoms with Crippen LogP contribution in [0.25, 0.3) is 0 Å². The van der Waals surface area contributed by atoms with Crippen LogP contribution in [0.1, 0.15) is 52.5 Å². The molecule has 5 nitrogen and oxygen atoms in total. The van der Waals surface area contributed by atoms with Crippen molar-refractivity contribution in [1.29, 1.82) is 0 Å². The molecule has 1 aliphatic heterocycles. The molecular formula is C22H24N2O3. The Balaban J connectivity index is 1.40. The predicted molar refractivity (Wildman–Crippen MR) is 103 cm³/mol. The number of nitrogens with zero attached hydrogens (tertiary/aromatic N) is 1. The van der Waals surface area contributed by atoms with E-state index in [1.54, 1.807) is 24.3 Å². The summed E-state index contributed by atoms with van der Waals surface area (Å²) in [6.45, 7) is 2.25. The molecule has 0 bridgehead atoms. The molecule has 0 saturated heterocycles. The molecule has 2 aromatic carbocycles. The van der Waals surface area contributed by atoms with Crippen molar-refractivity contribution in [3.8, 4) is 0 Å². The summed E-state index contributed by atoms with van der Waals surface area (Å²) >= 11 is 0. The van der Waals surface area contributed by atoms with Crippen molar-refractivity contribution in [2.24, 2.45) is 0 Å². The molecule has 0 unspecified atom stereocenters. The minimum Gasteiger partial charge on any atom is -0.354 e. The van der Waals surface area contributed by atoms with E-state index in [2.05, 4.69) is 17.4 Å². The van der Waals surface area contributed by atoms with Gasteiger partial charge in [0.2, 0.25) is 5.91 Å². The molecule has 0 aromatic heterocycles. The second-order valence-corrected chi connectivity index (χ2v) is 6.90. The fourth-order valence-electron chi connectivity index (χ4n) is 3.29. The minimum absolute atomic E-state index is 0.0489. The zero-order valence-corrected chi connectivity index (χ0v) is 15.5. The summed E-state index contributed by atoms with van der Waals surface area (Å²) in [7, 11) is 0. The van der Waals surface area contributed by atoms with Gasteiger partial charge in [-0.15, -0.1) is 0 Å². The van der Waals surface area contributed by atoms with Crippen molar-refractivity contribution >= 4 is 17.7 Å². The van der Waals surface area contributed by atoms with E-state index in [4.69, 9.17) is 0 Å². The van der Waals surface area contributed by atoms with Gasteiger partial charge in [-0.25, -0.2) is 0 Å². The fraction of sp³-hybridized carbons (Fsp3) is 0.318. The van der Waals surface area contributed by atoms with Gasteiger partial charge in [0.25, 0.3) is 11.8 Å². The molecule has 3 rings (SSSR count). The largest absolute Gasteiger partial charge is 0.354 e. The normalized spacial score (nSPS) is 14.2. The Labute approximate surface area is 159 Å². The van der Waals surface area contributed by atoms with Crippen LogP contribution in [0.4, 0.5) is 0 Å². The summed E-state index contributed by atoms with van der Waals surface area (Å²) in [5.41, 5.74) is 2.15. The standard InChI is InChI=1S/C22H24N2O3/c1-16(13-14-17-8-3-2-4-9-17)23-20(25)12-7-15-24-21(26)18-10-5-6-11-19(18)22(24)27/h2-6,8-11,16H,7,12-15H2,1H3,(H,23,25)/t16-/m1/s1. The monoisotopic (exact) mass is 364 g/mol. The molecule has 2 aromatic rings. The minimum atomic E-state index is -0.271. The topological polar surface area (TPSA) is 66.5 Å². The second-order valence-electron chi connectivity index (χ2n) is 6.90. The third kappa shape index (κ3) is 4.61. The lowest BCUT2D eigenvalue weighted by Crippen LogP contribution is -2.34. The third-order valence-corrected chi connectivity index (χ3v) is 4.78. The number of fused-ring (bicyclic) bond motifs is 1. The van der Waals surface area contributed by atoms with Crippen molar-refractivity contribution in [2.75, 3.05) is 6.54 Å². The van der Waals surface area contributed by atoms with Gasteiger partial charge in [0.05, 0.1) is 11.1 Å². The average Bonchev–Trinajstić information content (AvgIpc) is 2.92. The second kappa shape index (κ2) is 8.62. The van der Waals surface area contributed by atoms with Gasteiger partial charge >= 0.3 is 0 Å². The molecule has 1 atom stereocenters. The Kier molecular flexibility index (Phi) is 6.01. The number of hydrogen-bond acceptors (Lipinski definition) is 3. The Hall–Kier alpha value is -2.95. The van der Waals surface area contributed by atoms with Crippen LogP contribution in [0.3, 0.4) is 0 Å². The van der Waals surface area contributed by atoms with Gasteiger partial charge in [-0.3, -0.25) is 19.3 Å². The maximum atomic E-state index is 12.3. The summed E-state index contributed by atoms with van der Waals surface area (Å²) in [5.74, 6) is -0.591. The molecule has 0 radical (unpaired) electrons. The summed E-state index contributed by atoms with van der Waals surface area (Å²) < 4.78 is 0.